The van der Waals surface area contributed by atoms with E-state index in [4.69, 9.17) is 23.2 Å². The van der Waals surface area contributed by atoms with Crippen LogP contribution in [0.25, 0.3) is 0 Å². The standard InChI is InChI=1S/C14H19Cl2NO2S/c1-9(8-20(2,18)19)17-7-10-5-13(10)12-4-3-11(15)6-14(12)16/h3-4,6,9-10,13,17H,5,7-8H2,1-2H3/t9-,10-,13-/m1/s1. The first-order valence-corrected chi connectivity index (χ1v) is 9.44. The number of sulfone groups is 1. The van der Waals surface area contributed by atoms with Crippen LogP contribution in [-0.4, -0.2) is 33.0 Å². The van der Waals surface area contributed by atoms with Gasteiger partial charge in [-0.05, 0) is 49.4 Å². The normalized spacial score (nSPS) is 23.6. The third kappa shape index (κ3) is 4.62. The Morgan fingerprint density at radius 1 is 1.40 bits per heavy atom. The summed E-state index contributed by atoms with van der Waals surface area (Å²) in [5.74, 6) is 1.15. The number of rotatable bonds is 6. The summed E-state index contributed by atoms with van der Waals surface area (Å²) in [7, 11) is -2.93. The van der Waals surface area contributed by atoms with E-state index in [0.717, 1.165) is 18.5 Å². The second kappa shape index (κ2) is 6.22. The second-order valence-electron chi connectivity index (χ2n) is 5.67. The van der Waals surface area contributed by atoms with Crippen molar-refractivity contribution in [1.82, 2.24) is 5.32 Å². The fraction of sp³-hybridized carbons (Fsp3) is 0.571. The van der Waals surface area contributed by atoms with Gasteiger partial charge in [-0.2, -0.15) is 0 Å². The van der Waals surface area contributed by atoms with E-state index in [9.17, 15) is 8.42 Å². The average molecular weight is 336 g/mol. The summed E-state index contributed by atoms with van der Waals surface area (Å²) < 4.78 is 22.4. The lowest BCUT2D eigenvalue weighted by atomic mass is 10.1. The molecular weight excluding hydrogens is 317 g/mol. The molecule has 3 atom stereocenters. The maximum Gasteiger partial charge on any atom is 0.148 e. The maximum absolute atomic E-state index is 11.2. The van der Waals surface area contributed by atoms with Gasteiger partial charge in [0.05, 0.1) is 5.75 Å². The summed E-state index contributed by atoms with van der Waals surface area (Å²) in [5.41, 5.74) is 1.14. The van der Waals surface area contributed by atoms with E-state index >= 15 is 0 Å². The van der Waals surface area contributed by atoms with Gasteiger partial charge in [-0.15, -0.1) is 0 Å². The molecule has 1 aromatic rings. The van der Waals surface area contributed by atoms with E-state index in [2.05, 4.69) is 5.32 Å². The predicted octanol–water partition coefficient (Wildman–Crippen LogP) is 3.12. The Bertz CT molecular complexity index is 589. The molecule has 0 bridgehead atoms. The van der Waals surface area contributed by atoms with Gasteiger partial charge in [-0.3, -0.25) is 0 Å². The molecule has 0 spiro atoms. The predicted molar refractivity (Wildman–Crippen MR) is 84.5 cm³/mol. The molecule has 20 heavy (non-hydrogen) atoms. The molecule has 0 aromatic heterocycles. The maximum atomic E-state index is 11.2. The Morgan fingerprint density at radius 2 is 2.10 bits per heavy atom. The van der Waals surface area contributed by atoms with Crippen LogP contribution in [0.1, 0.15) is 24.8 Å². The van der Waals surface area contributed by atoms with Gasteiger partial charge in [-0.1, -0.05) is 29.3 Å². The fourth-order valence-corrected chi connectivity index (χ4v) is 4.10. The van der Waals surface area contributed by atoms with Crippen molar-refractivity contribution >= 4 is 33.0 Å². The Hall–Kier alpha value is -0.290. The van der Waals surface area contributed by atoms with Crippen molar-refractivity contribution in [3.63, 3.8) is 0 Å². The van der Waals surface area contributed by atoms with E-state index in [1.807, 2.05) is 19.1 Å². The molecule has 0 unspecified atom stereocenters. The minimum absolute atomic E-state index is 0.0214. The van der Waals surface area contributed by atoms with Crippen LogP contribution in [0.15, 0.2) is 18.2 Å². The van der Waals surface area contributed by atoms with Crippen molar-refractivity contribution in [2.24, 2.45) is 5.92 Å². The van der Waals surface area contributed by atoms with Gasteiger partial charge in [0, 0.05) is 22.3 Å². The minimum atomic E-state index is -2.93. The van der Waals surface area contributed by atoms with Gasteiger partial charge in [0.25, 0.3) is 0 Å². The smallest absolute Gasteiger partial charge is 0.148 e. The highest BCUT2D eigenvalue weighted by Gasteiger charge is 2.39. The van der Waals surface area contributed by atoms with Crippen LogP contribution in [0, 0.1) is 5.92 Å². The Balaban J connectivity index is 1.84. The van der Waals surface area contributed by atoms with Crippen LogP contribution in [-0.2, 0) is 9.84 Å². The lowest BCUT2D eigenvalue weighted by Crippen LogP contribution is -2.34. The molecule has 1 N–H and O–H groups in total. The van der Waals surface area contributed by atoms with Crippen molar-refractivity contribution in [2.45, 2.75) is 25.3 Å². The molecule has 1 aliphatic carbocycles. The zero-order valence-corrected chi connectivity index (χ0v) is 13.9. The van der Waals surface area contributed by atoms with Crippen LogP contribution < -0.4 is 5.32 Å². The van der Waals surface area contributed by atoms with E-state index in [1.165, 1.54) is 6.26 Å². The summed E-state index contributed by atoms with van der Waals surface area (Å²) in [6.07, 6.45) is 2.35. The van der Waals surface area contributed by atoms with Crippen LogP contribution in [0.3, 0.4) is 0 Å². The minimum Gasteiger partial charge on any atom is -0.313 e. The quantitative estimate of drug-likeness (QED) is 0.868. The molecule has 2 rings (SSSR count). The molecule has 6 heteroatoms. The lowest BCUT2D eigenvalue weighted by molar-refractivity contribution is 0.541. The average Bonchev–Trinajstić information content (AvgIpc) is 3.03. The highest BCUT2D eigenvalue weighted by atomic mass is 35.5. The lowest BCUT2D eigenvalue weighted by Gasteiger charge is -2.12. The Morgan fingerprint density at radius 3 is 2.70 bits per heavy atom. The van der Waals surface area contributed by atoms with E-state index in [-0.39, 0.29) is 11.8 Å². The first-order valence-electron chi connectivity index (χ1n) is 6.62. The molecule has 0 amide bonds. The SMILES string of the molecule is C[C@H](CS(C)(=O)=O)NC[C@H]1C[C@H]1c1ccc(Cl)cc1Cl. The molecule has 0 heterocycles. The van der Waals surface area contributed by atoms with Gasteiger partial charge in [0.2, 0.25) is 0 Å². The van der Waals surface area contributed by atoms with Gasteiger partial charge in [-0.25, -0.2) is 8.42 Å². The zero-order chi connectivity index (χ0) is 14.9. The first-order chi connectivity index (χ1) is 9.26. The first kappa shape index (κ1) is 16.1. The summed E-state index contributed by atoms with van der Waals surface area (Å²) >= 11 is 12.1. The number of hydrogen-bond acceptors (Lipinski definition) is 3. The van der Waals surface area contributed by atoms with Gasteiger partial charge in [0.15, 0.2) is 0 Å². The summed E-state index contributed by atoms with van der Waals surface area (Å²) in [5, 5.41) is 4.65. The molecule has 3 nitrogen and oxygen atoms in total. The fourth-order valence-electron chi connectivity index (χ4n) is 2.52. The molecule has 1 saturated carbocycles. The van der Waals surface area contributed by atoms with Gasteiger partial charge in [0.1, 0.15) is 9.84 Å². The van der Waals surface area contributed by atoms with Gasteiger partial charge < -0.3 is 5.32 Å². The van der Waals surface area contributed by atoms with Crippen LogP contribution >= 0.6 is 23.2 Å². The number of benzene rings is 1. The highest BCUT2D eigenvalue weighted by molar-refractivity contribution is 7.90. The summed E-state index contributed by atoms with van der Waals surface area (Å²) in [6.45, 7) is 2.72. The van der Waals surface area contributed by atoms with Crippen LogP contribution in [0.5, 0.6) is 0 Å². The van der Waals surface area contributed by atoms with Crippen molar-refractivity contribution in [1.29, 1.82) is 0 Å². The molecule has 0 saturated heterocycles. The molecular formula is C14H19Cl2NO2S. The molecule has 0 aliphatic heterocycles. The molecule has 0 radical (unpaired) electrons. The highest BCUT2D eigenvalue weighted by Crippen LogP contribution is 2.49. The van der Waals surface area contributed by atoms with Gasteiger partial charge >= 0.3 is 0 Å². The van der Waals surface area contributed by atoms with Crippen LogP contribution in [0.2, 0.25) is 10.0 Å². The van der Waals surface area contributed by atoms with Crippen molar-refractivity contribution < 1.29 is 8.42 Å². The van der Waals surface area contributed by atoms with E-state index < -0.39 is 9.84 Å². The molecule has 1 fully saturated rings. The van der Waals surface area contributed by atoms with Crippen molar-refractivity contribution in [3.8, 4) is 0 Å². The largest absolute Gasteiger partial charge is 0.313 e. The van der Waals surface area contributed by atoms with Crippen LogP contribution in [0.4, 0.5) is 0 Å². The van der Waals surface area contributed by atoms with Crippen molar-refractivity contribution in [3.05, 3.63) is 33.8 Å². The summed E-state index contributed by atoms with van der Waals surface area (Å²) in [6, 6.07) is 5.59. The molecule has 1 aliphatic rings. The summed E-state index contributed by atoms with van der Waals surface area (Å²) in [4.78, 5) is 0. The molecule has 112 valence electrons. The van der Waals surface area contributed by atoms with Crippen molar-refractivity contribution in [2.75, 3.05) is 18.6 Å². The molecule has 1 aromatic carbocycles. The number of halogens is 2. The monoisotopic (exact) mass is 335 g/mol. The van der Waals surface area contributed by atoms with E-state index in [1.54, 1.807) is 6.07 Å². The zero-order valence-electron chi connectivity index (χ0n) is 11.6. The third-order valence-corrected chi connectivity index (χ3v) is 5.23. The second-order valence-corrected chi connectivity index (χ2v) is 8.70. The number of nitrogens with one attached hydrogen (secondary N) is 1. The topological polar surface area (TPSA) is 46.2 Å². The third-order valence-electron chi connectivity index (χ3n) is 3.57. The number of hydrogen-bond donors (Lipinski definition) is 1. The van der Waals surface area contributed by atoms with E-state index in [0.29, 0.717) is 21.9 Å². The Labute approximate surface area is 130 Å². The Kier molecular flexibility index (Phi) is 5.00.